The largest absolute Gasteiger partial charge is 0.370 e. The molecule has 1 rings (SSSR count). The van der Waals surface area contributed by atoms with Crippen molar-refractivity contribution in [3.63, 3.8) is 0 Å². The smallest absolute Gasteiger partial charge is 0.217 e. The molecule has 0 spiro atoms. The van der Waals surface area contributed by atoms with Gasteiger partial charge in [0.25, 0.3) is 0 Å². The summed E-state index contributed by atoms with van der Waals surface area (Å²) in [4.78, 5) is 10.5. The number of nitrogens with zero attached hydrogens (tertiary/aromatic N) is 2. The lowest BCUT2D eigenvalue weighted by Gasteiger charge is -1.97. The highest BCUT2D eigenvalue weighted by atomic mass is 16.1. The standard InChI is InChI=1S/C8H13N3O/c1-6-5-7(11(2)10-6)3-4-8(9)12/h5H,3-4H2,1-2H3,(H2,9,12). The van der Waals surface area contributed by atoms with E-state index in [0.717, 1.165) is 11.4 Å². The van der Waals surface area contributed by atoms with Crippen LogP contribution in [0.15, 0.2) is 6.07 Å². The van der Waals surface area contributed by atoms with Crippen molar-refractivity contribution in [2.45, 2.75) is 19.8 Å². The van der Waals surface area contributed by atoms with Crippen LogP contribution in [0.2, 0.25) is 0 Å². The van der Waals surface area contributed by atoms with E-state index in [1.807, 2.05) is 20.0 Å². The molecule has 0 saturated heterocycles. The van der Waals surface area contributed by atoms with Crippen LogP contribution >= 0.6 is 0 Å². The average molecular weight is 167 g/mol. The second-order valence-electron chi connectivity index (χ2n) is 2.87. The zero-order chi connectivity index (χ0) is 9.14. The van der Waals surface area contributed by atoms with Gasteiger partial charge in [-0.25, -0.2) is 0 Å². The number of rotatable bonds is 3. The van der Waals surface area contributed by atoms with E-state index in [1.54, 1.807) is 4.68 Å². The Bertz CT molecular complexity index is 290. The molecule has 0 fully saturated rings. The summed E-state index contributed by atoms with van der Waals surface area (Å²) < 4.78 is 1.78. The minimum atomic E-state index is -0.270. The predicted molar refractivity (Wildman–Crippen MR) is 45.5 cm³/mol. The number of carbonyl (C=O) groups excluding carboxylic acids is 1. The molecule has 0 aliphatic heterocycles. The minimum Gasteiger partial charge on any atom is -0.370 e. The van der Waals surface area contributed by atoms with Gasteiger partial charge in [0.15, 0.2) is 0 Å². The molecule has 1 aromatic heterocycles. The Morgan fingerprint density at radius 1 is 1.75 bits per heavy atom. The van der Waals surface area contributed by atoms with E-state index >= 15 is 0 Å². The number of hydrogen-bond donors (Lipinski definition) is 1. The first kappa shape index (κ1) is 8.77. The molecule has 0 aliphatic carbocycles. The first-order valence-electron chi connectivity index (χ1n) is 3.87. The maximum absolute atomic E-state index is 10.5. The molecule has 1 aromatic rings. The number of aromatic nitrogens is 2. The summed E-state index contributed by atoms with van der Waals surface area (Å²) >= 11 is 0. The molecule has 4 nitrogen and oxygen atoms in total. The third-order valence-electron chi connectivity index (χ3n) is 1.73. The summed E-state index contributed by atoms with van der Waals surface area (Å²) in [6.07, 6.45) is 1.06. The van der Waals surface area contributed by atoms with Gasteiger partial charge in [-0.1, -0.05) is 0 Å². The van der Waals surface area contributed by atoms with Crippen molar-refractivity contribution in [1.82, 2.24) is 9.78 Å². The van der Waals surface area contributed by atoms with Crippen molar-refractivity contribution in [3.05, 3.63) is 17.5 Å². The normalized spacial score (nSPS) is 10.2. The van der Waals surface area contributed by atoms with Gasteiger partial charge in [0.05, 0.1) is 5.69 Å². The van der Waals surface area contributed by atoms with E-state index in [4.69, 9.17) is 5.73 Å². The van der Waals surface area contributed by atoms with Gasteiger partial charge in [-0.2, -0.15) is 5.10 Å². The van der Waals surface area contributed by atoms with Crippen LogP contribution < -0.4 is 5.73 Å². The van der Waals surface area contributed by atoms with Gasteiger partial charge >= 0.3 is 0 Å². The van der Waals surface area contributed by atoms with Crippen molar-refractivity contribution < 1.29 is 4.79 Å². The highest BCUT2D eigenvalue weighted by Crippen LogP contribution is 2.03. The molecule has 1 heterocycles. The number of aryl methyl sites for hydroxylation is 3. The van der Waals surface area contributed by atoms with Gasteiger partial charge in [-0.05, 0) is 19.4 Å². The molecule has 0 atom stereocenters. The predicted octanol–water partition coefficient (Wildman–Crippen LogP) is 0.146. The molecule has 0 aromatic carbocycles. The fraction of sp³-hybridized carbons (Fsp3) is 0.500. The Labute approximate surface area is 71.4 Å². The number of amides is 1. The maximum Gasteiger partial charge on any atom is 0.217 e. The lowest BCUT2D eigenvalue weighted by atomic mass is 10.2. The summed E-state index contributed by atoms with van der Waals surface area (Å²) in [7, 11) is 1.86. The van der Waals surface area contributed by atoms with Crippen molar-refractivity contribution >= 4 is 5.91 Å². The third-order valence-corrected chi connectivity index (χ3v) is 1.73. The molecule has 1 amide bonds. The van der Waals surface area contributed by atoms with E-state index in [-0.39, 0.29) is 5.91 Å². The molecular formula is C8H13N3O. The van der Waals surface area contributed by atoms with Crippen LogP contribution in [0.4, 0.5) is 0 Å². The number of nitrogens with two attached hydrogens (primary N) is 1. The van der Waals surface area contributed by atoms with Crippen LogP contribution in [0.5, 0.6) is 0 Å². The average Bonchev–Trinajstić information content (AvgIpc) is 2.26. The first-order chi connectivity index (χ1) is 5.59. The van der Waals surface area contributed by atoms with Crippen molar-refractivity contribution in [3.8, 4) is 0 Å². The van der Waals surface area contributed by atoms with Crippen LogP contribution in [-0.2, 0) is 18.3 Å². The van der Waals surface area contributed by atoms with Crippen molar-refractivity contribution in [1.29, 1.82) is 0 Å². The van der Waals surface area contributed by atoms with Gasteiger partial charge in [-0.3, -0.25) is 9.48 Å². The van der Waals surface area contributed by atoms with E-state index < -0.39 is 0 Å². The highest BCUT2D eigenvalue weighted by molar-refractivity contribution is 5.73. The fourth-order valence-corrected chi connectivity index (χ4v) is 1.15. The van der Waals surface area contributed by atoms with Crippen LogP contribution in [0.25, 0.3) is 0 Å². The quantitative estimate of drug-likeness (QED) is 0.696. The molecular weight excluding hydrogens is 154 g/mol. The molecule has 66 valence electrons. The molecule has 0 aliphatic rings. The third kappa shape index (κ3) is 2.08. The van der Waals surface area contributed by atoms with Gasteiger partial charge in [0.1, 0.15) is 0 Å². The molecule has 4 heteroatoms. The minimum absolute atomic E-state index is 0.270. The van der Waals surface area contributed by atoms with Crippen LogP contribution in [-0.4, -0.2) is 15.7 Å². The Balaban J connectivity index is 2.62. The van der Waals surface area contributed by atoms with Crippen molar-refractivity contribution in [2.75, 3.05) is 0 Å². The van der Waals surface area contributed by atoms with E-state index in [2.05, 4.69) is 5.10 Å². The Hall–Kier alpha value is -1.32. The van der Waals surface area contributed by atoms with E-state index in [0.29, 0.717) is 12.8 Å². The summed E-state index contributed by atoms with van der Waals surface area (Å²) in [5, 5.41) is 4.15. The van der Waals surface area contributed by atoms with Gasteiger partial charge in [0, 0.05) is 19.2 Å². The Morgan fingerprint density at radius 3 is 2.83 bits per heavy atom. The molecule has 0 saturated carbocycles. The molecule has 12 heavy (non-hydrogen) atoms. The molecule has 2 N–H and O–H groups in total. The summed E-state index contributed by atoms with van der Waals surface area (Å²) in [6.45, 7) is 1.92. The topological polar surface area (TPSA) is 60.9 Å². The molecule has 0 unspecified atom stereocenters. The van der Waals surface area contributed by atoms with Crippen LogP contribution in [0, 0.1) is 6.92 Å². The van der Waals surface area contributed by atoms with E-state index in [9.17, 15) is 4.79 Å². The number of carbonyl (C=O) groups is 1. The Morgan fingerprint density at radius 2 is 2.42 bits per heavy atom. The maximum atomic E-state index is 10.5. The molecule has 0 radical (unpaired) electrons. The Kier molecular flexibility index (Phi) is 2.47. The van der Waals surface area contributed by atoms with Crippen LogP contribution in [0.3, 0.4) is 0 Å². The lowest BCUT2D eigenvalue weighted by Crippen LogP contribution is -2.12. The van der Waals surface area contributed by atoms with Gasteiger partial charge in [-0.15, -0.1) is 0 Å². The highest BCUT2D eigenvalue weighted by Gasteiger charge is 2.02. The van der Waals surface area contributed by atoms with Gasteiger partial charge < -0.3 is 5.73 Å². The second-order valence-corrected chi connectivity index (χ2v) is 2.87. The van der Waals surface area contributed by atoms with Crippen molar-refractivity contribution in [2.24, 2.45) is 12.8 Å². The summed E-state index contributed by atoms with van der Waals surface area (Å²) in [5.74, 6) is -0.270. The number of hydrogen-bond acceptors (Lipinski definition) is 2. The zero-order valence-corrected chi connectivity index (χ0v) is 7.37. The van der Waals surface area contributed by atoms with E-state index in [1.165, 1.54) is 0 Å². The van der Waals surface area contributed by atoms with Crippen LogP contribution in [0.1, 0.15) is 17.8 Å². The first-order valence-corrected chi connectivity index (χ1v) is 3.87. The number of primary amides is 1. The molecule has 0 bridgehead atoms. The zero-order valence-electron chi connectivity index (χ0n) is 7.37. The van der Waals surface area contributed by atoms with Gasteiger partial charge in [0.2, 0.25) is 5.91 Å². The second kappa shape index (κ2) is 3.38. The lowest BCUT2D eigenvalue weighted by molar-refractivity contribution is -0.118. The monoisotopic (exact) mass is 167 g/mol. The summed E-state index contributed by atoms with van der Waals surface area (Å²) in [5.41, 5.74) is 7.05. The SMILES string of the molecule is Cc1cc(CCC(N)=O)n(C)n1. The fourth-order valence-electron chi connectivity index (χ4n) is 1.15. The summed E-state index contributed by atoms with van der Waals surface area (Å²) in [6, 6.07) is 1.96.